The molecule has 3 heterocycles. The Bertz CT molecular complexity index is 552. The molecule has 5 heteroatoms. The van der Waals surface area contributed by atoms with Gasteiger partial charge in [0, 0.05) is 25.3 Å². The molecule has 4 rings (SSSR count). The quantitative estimate of drug-likeness (QED) is 0.777. The van der Waals surface area contributed by atoms with Crippen LogP contribution in [0.25, 0.3) is 0 Å². The summed E-state index contributed by atoms with van der Waals surface area (Å²) in [7, 11) is 0. The van der Waals surface area contributed by atoms with E-state index in [1.54, 1.807) is 4.90 Å². The van der Waals surface area contributed by atoms with E-state index in [1.807, 2.05) is 18.2 Å². The zero-order chi connectivity index (χ0) is 14.4. The number of nitrogens with zero attached hydrogens (tertiary/aromatic N) is 3. The fourth-order valence-corrected chi connectivity index (χ4v) is 3.81. The number of carbonyl (C=O) groups excluding carboxylic acids is 2. The van der Waals surface area contributed by atoms with Crippen LogP contribution in [0, 0.1) is 0 Å². The van der Waals surface area contributed by atoms with Gasteiger partial charge in [0.15, 0.2) is 0 Å². The van der Waals surface area contributed by atoms with Crippen molar-refractivity contribution >= 4 is 17.6 Å². The third-order valence-electron chi connectivity index (χ3n) is 4.88. The molecule has 0 bridgehead atoms. The second-order valence-corrected chi connectivity index (χ2v) is 6.07. The van der Waals surface area contributed by atoms with Gasteiger partial charge in [0.1, 0.15) is 6.04 Å². The van der Waals surface area contributed by atoms with E-state index in [-0.39, 0.29) is 24.0 Å². The second kappa shape index (κ2) is 4.76. The van der Waals surface area contributed by atoms with Crippen LogP contribution in [-0.4, -0.2) is 53.5 Å². The van der Waals surface area contributed by atoms with E-state index in [1.165, 1.54) is 10.6 Å². The number of fused-ring (bicyclic) bond motifs is 1. The highest BCUT2D eigenvalue weighted by Crippen LogP contribution is 2.32. The van der Waals surface area contributed by atoms with Gasteiger partial charge >= 0.3 is 6.03 Å². The van der Waals surface area contributed by atoms with Crippen molar-refractivity contribution in [3.05, 3.63) is 30.3 Å². The number of para-hydroxylation sites is 1. The fourth-order valence-electron chi connectivity index (χ4n) is 3.81. The maximum atomic E-state index is 12.5. The lowest BCUT2D eigenvalue weighted by molar-refractivity contribution is -0.129. The van der Waals surface area contributed by atoms with Crippen LogP contribution in [0.5, 0.6) is 0 Å². The van der Waals surface area contributed by atoms with Crippen molar-refractivity contribution in [2.75, 3.05) is 24.5 Å². The van der Waals surface area contributed by atoms with Gasteiger partial charge in [-0.05, 0) is 31.4 Å². The normalized spacial score (nSPS) is 28.7. The van der Waals surface area contributed by atoms with Gasteiger partial charge in [0.2, 0.25) is 0 Å². The van der Waals surface area contributed by atoms with Crippen LogP contribution < -0.4 is 4.90 Å². The molecular weight excluding hydrogens is 266 g/mol. The molecule has 0 spiro atoms. The summed E-state index contributed by atoms with van der Waals surface area (Å²) >= 11 is 0. The molecule has 0 aromatic heterocycles. The van der Waals surface area contributed by atoms with E-state index in [4.69, 9.17) is 0 Å². The molecule has 0 N–H and O–H groups in total. The Morgan fingerprint density at radius 3 is 2.57 bits per heavy atom. The lowest BCUT2D eigenvalue weighted by atomic mass is 10.2. The van der Waals surface area contributed by atoms with Crippen molar-refractivity contribution in [3.8, 4) is 0 Å². The van der Waals surface area contributed by atoms with Crippen molar-refractivity contribution in [2.24, 2.45) is 0 Å². The minimum Gasteiger partial charge on any atom is -0.369 e. The Morgan fingerprint density at radius 1 is 1.00 bits per heavy atom. The lowest BCUT2D eigenvalue weighted by Crippen LogP contribution is -2.43. The SMILES string of the molecule is O=C1C2CCCN2C(=O)N1C1CCN(c2ccccc2)C1. The molecule has 2 atom stereocenters. The third-order valence-corrected chi connectivity index (χ3v) is 4.88. The molecule has 110 valence electrons. The summed E-state index contributed by atoms with van der Waals surface area (Å²) in [6.45, 7) is 2.39. The summed E-state index contributed by atoms with van der Waals surface area (Å²) in [6, 6.07) is 9.97. The topological polar surface area (TPSA) is 43.9 Å². The number of anilines is 1. The maximum Gasteiger partial charge on any atom is 0.327 e. The number of benzene rings is 1. The predicted molar refractivity (Wildman–Crippen MR) is 79.0 cm³/mol. The Hall–Kier alpha value is -2.04. The molecule has 0 radical (unpaired) electrons. The van der Waals surface area contributed by atoms with Crippen LogP contribution in [0.4, 0.5) is 10.5 Å². The summed E-state index contributed by atoms with van der Waals surface area (Å²) in [6.07, 6.45) is 2.65. The molecule has 3 fully saturated rings. The molecule has 3 saturated heterocycles. The van der Waals surface area contributed by atoms with E-state index in [0.717, 1.165) is 38.9 Å². The van der Waals surface area contributed by atoms with E-state index < -0.39 is 0 Å². The van der Waals surface area contributed by atoms with Crippen molar-refractivity contribution < 1.29 is 9.59 Å². The number of rotatable bonds is 2. The molecule has 3 amide bonds. The van der Waals surface area contributed by atoms with E-state index in [2.05, 4.69) is 17.0 Å². The number of amides is 3. The van der Waals surface area contributed by atoms with Gasteiger partial charge in [-0.25, -0.2) is 4.79 Å². The van der Waals surface area contributed by atoms with Gasteiger partial charge in [-0.2, -0.15) is 0 Å². The number of imide groups is 1. The summed E-state index contributed by atoms with van der Waals surface area (Å²) in [5.74, 6) is 0.0254. The highest BCUT2D eigenvalue weighted by atomic mass is 16.2. The van der Waals surface area contributed by atoms with Gasteiger partial charge in [-0.3, -0.25) is 9.69 Å². The summed E-state index contributed by atoms with van der Waals surface area (Å²) in [5, 5.41) is 0. The van der Waals surface area contributed by atoms with Crippen LogP contribution in [0.1, 0.15) is 19.3 Å². The smallest absolute Gasteiger partial charge is 0.327 e. The standard InChI is InChI=1S/C16H19N3O2/c20-15-14-7-4-9-18(14)16(21)19(15)13-8-10-17(11-13)12-5-2-1-3-6-12/h1-3,5-6,13-14H,4,7-11H2. The summed E-state index contributed by atoms with van der Waals surface area (Å²) < 4.78 is 0. The Balaban J connectivity index is 1.51. The molecular formula is C16H19N3O2. The molecule has 0 saturated carbocycles. The average molecular weight is 285 g/mol. The number of urea groups is 1. The minimum absolute atomic E-state index is 0.0239. The second-order valence-electron chi connectivity index (χ2n) is 6.07. The Labute approximate surface area is 124 Å². The predicted octanol–water partition coefficient (Wildman–Crippen LogP) is 1.69. The molecule has 21 heavy (non-hydrogen) atoms. The van der Waals surface area contributed by atoms with Crippen LogP contribution in [0.3, 0.4) is 0 Å². The molecule has 2 unspecified atom stereocenters. The third kappa shape index (κ3) is 1.91. The van der Waals surface area contributed by atoms with Gasteiger partial charge in [-0.1, -0.05) is 18.2 Å². The molecule has 1 aromatic rings. The van der Waals surface area contributed by atoms with Crippen LogP contribution in [0.15, 0.2) is 30.3 Å². The van der Waals surface area contributed by atoms with Crippen LogP contribution >= 0.6 is 0 Å². The fraction of sp³-hybridized carbons (Fsp3) is 0.500. The minimum atomic E-state index is -0.178. The monoisotopic (exact) mass is 285 g/mol. The average Bonchev–Trinajstić information content (AvgIpc) is 3.20. The van der Waals surface area contributed by atoms with Gasteiger partial charge < -0.3 is 9.80 Å². The zero-order valence-electron chi connectivity index (χ0n) is 11.9. The highest BCUT2D eigenvalue weighted by Gasteiger charge is 2.50. The first-order valence-corrected chi connectivity index (χ1v) is 7.69. The first-order valence-electron chi connectivity index (χ1n) is 7.69. The molecule has 3 aliphatic rings. The molecule has 5 nitrogen and oxygen atoms in total. The first kappa shape index (κ1) is 12.7. The van der Waals surface area contributed by atoms with Crippen molar-refractivity contribution in [2.45, 2.75) is 31.3 Å². The van der Waals surface area contributed by atoms with Crippen molar-refractivity contribution in [1.29, 1.82) is 0 Å². The van der Waals surface area contributed by atoms with E-state index in [9.17, 15) is 9.59 Å². The largest absolute Gasteiger partial charge is 0.369 e. The maximum absolute atomic E-state index is 12.5. The lowest BCUT2D eigenvalue weighted by Gasteiger charge is -2.23. The van der Waals surface area contributed by atoms with Crippen molar-refractivity contribution in [3.63, 3.8) is 0 Å². The Kier molecular flexibility index (Phi) is 2.87. The van der Waals surface area contributed by atoms with Gasteiger partial charge in [0.05, 0.1) is 6.04 Å². The molecule has 3 aliphatic heterocycles. The van der Waals surface area contributed by atoms with Crippen molar-refractivity contribution in [1.82, 2.24) is 9.80 Å². The van der Waals surface area contributed by atoms with E-state index >= 15 is 0 Å². The molecule has 0 aliphatic carbocycles. The Morgan fingerprint density at radius 2 is 1.81 bits per heavy atom. The first-order chi connectivity index (χ1) is 10.3. The van der Waals surface area contributed by atoms with Crippen LogP contribution in [0.2, 0.25) is 0 Å². The van der Waals surface area contributed by atoms with Gasteiger partial charge in [0.25, 0.3) is 5.91 Å². The number of hydrogen-bond acceptors (Lipinski definition) is 3. The summed E-state index contributed by atoms with van der Waals surface area (Å²) in [4.78, 5) is 30.5. The summed E-state index contributed by atoms with van der Waals surface area (Å²) in [5.41, 5.74) is 1.17. The number of hydrogen-bond donors (Lipinski definition) is 0. The zero-order valence-corrected chi connectivity index (χ0v) is 11.9. The highest BCUT2D eigenvalue weighted by molar-refractivity contribution is 6.05. The number of carbonyl (C=O) groups is 2. The molecule has 1 aromatic carbocycles. The van der Waals surface area contributed by atoms with Gasteiger partial charge in [-0.15, -0.1) is 0 Å². The van der Waals surface area contributed by atoms with E-state index in [0.29, 0.717) is 0 Å². The van der Waals surface area contributed by atoms with Crippen LogP contribution in [-0.2, 0) is 4.79 Å².